The van der Waals surface area contributed by atoms with Crippen LogP contribution in [0.5, 0.6) is 0 Å². The first-order valence-electron chi connectivity index (χ1n) is 7.76. The lowest BCUT2D eigenvalue weighted by molar-refractivity contribution is 0.0210. The van der Waals surface area contributed by atoms with Crippen LogP contribution >= 0.6 is 0 Å². The fourth-order valence-corrected chi connectivity index (χ4v) is 2.33. The molecular formula is C16H23N3O2. The van der Waals surface area contributed by atoms with Crippen molar-refractivity contribution in [2.45, 2.75) is 38.6 Å². The van der Waals surface area contributed by atoms with E-state index in [-0.39, 0.29) is 11.9 Å². The number of aromatic nitrogens is 1. The molecule has 2 aliphatic rings. The molecule has 2 fully saturated rings. The average Bonchev–Trinajstić information content (AvgIpc) is 3.24. The maximum absolute atomic E-state index is 12.3. The summed E-state index contributed by atoms with van der Waals surface area (Å²) in [6.07, 6.45) is 4.31. The number of anilines is 1. The van der Waals surface area contributed by atoms with Gasteiger partial charge in [-0.05, 0) is 36.3 Å². The van der Waals surface area contributed by atoms with Gasteiger partial charge in [-0.25, -0.2) is 4.98 Å². The number of carbonyl (C=O) groups excluding carboxylic acids is 1. The van der Waals surface area contributed by atoms with Gasteiger partial charge >= 0.3 is 0 Å². The average molecular weight is 289 g/mol. The molecule has 3 rings (SSSR count). The van der Waals surface area contributed by atoms with E-state index in [1.54, 1.807) is 0 Å². The Morgan fingerprint density at radius 2 is 2.19 bits per heavy atom. The number of rotatable bonds is 6. The third kappa shape index (κ3) is 3.53. The van der Waals surface area contributed by atoms with Crippen LogP contribution < -0.4 is 10.6 Å². The topological polar surface area (TPSA) is 63.2 Å². The van der Waals surface area contributed by atoms with Crippen molar-refractivity contribution < 1.29 is 9.53 Å². The molecule has 5 nitrogen and oxygen atoms in total. The van der Waals surface area contributed by atoms with E-state index in [4.69, 9.17) is 4.74 Å². The van der Waals surface area contributed by atoms with Crippen LogP contribution in [0.2, 0.25) is 0 Å². The molecule has 1 saturated carbocycles. The maximum atomic E-state index is 12.3. The maximum Gasteiger partial charge on any atom is 0.272 e. The van der Waals surface area contributed by atoms with Crippen LogP contribution in [0.1, 0.15) is 48.7 Å². The van der Waals surface area contributed by atoms with Crippen LogP contribution in [0, 0.1) is 5.92 Å². The van der Waals surface area contributed by atoms with Gasteiger partial charge in [0.15, 0.2) is 5.69 Å². The first-order valence-corrected chi connectivity index (χ1v) is 7.76. The summed E-state index contributed by atoms with van der Waals surface area (Å²) in [6, 6.07) is 2.38. The van der Waals surface area contributed by atoms with Gasteiger partial charge in [0.2, 0.25) is 0 Å². The Bertz CT molecular complexity index is 522. The molecule has 2 N–H and O–H groups in total. The van der Waals surface area contributed by atoms with Gasteiger partial charge < -0.3 is 15.4 Å². The number of ether oxygens (including phenoxy) is 1. The molecule has 1 aliphatic carbocycles. The summed E-state index contributed by atoms with van der Waals surface area (Å²) >= 11 is 0. The fourth-order valence-electron chi connectivity index (χ4n) is 2.33. The van der Waals surface area contributed by atoms with E-state index >= 15 is 0 Å². The number of nitrogens with zero attached hydrogens (tertiary/aromatic N) is 1. The van der Waals surface area contributed by atoms with Crippen LogP contribution in [-0.2, 0) is 4.74 Å². The monoisotopic (exact) mass is 289 g/mol. The third-order valence-corrected chi connectivity index (χ3v) is 3.84. The molecule has 0 bridgehead atoms. The smallest absolute Gasteiger partial charge is 0.272 e. The van der Waals surface area contributed by atoms with Crippen molar-refractivity contribution in [2.75, 3.05) is 25.1 Å². The number of amides is 1. The molecule has 1 amide bonds. The van der Waals surface area contributed by atoms with Crippen molar-refractivity contribution in [3.63, 3.8) is 0 Å². The van der Waals surface area contributed by atoms with Crippen LogP contribution in [-0.4, -0.2) is 36.7 Å². The van der Waals surface area contributed by atoms with Gasteiger partial charge in [0.1, 0.15) is 0 Å². The molecule has 5 heteroatoms. The first kappa shape index (κ1) is 14.3. The Morgan fingerprint density at radius 3 is 2.76 bits per heavy atom. The van der Waals surface area contributed by atoms with Gasteiger partial charge in [0, 0.05) is 12.7 Å². The van der Waals surface area contributed by atoms with E-state index in [9.17, 15) is 4.79 Å². The van der Waals surface area contributed by atoms with Crippen LogP contribution in [0.4, 0.5) is 5.69 Å². The predicted octanol–water partition coefficient (Wildman–Crippen LogP) is 2.16. The largest absolute Gasteiger partial charge is 0.377 e. The van der Waals surface area contributed by atoms with Crippen molar-refractivity contribution in [1.82, 2.24) is 10.3 Å². The van der Waals surface area contributed by atoms with Crippen LogP contribution in [0.3, 0.4) is 0 Å². The molecule has 0 aromatic carbocycles. The second-order valence-electron chi connectivity index (χ2n) is 6.42. The lowest BCUT2D eigenvalue weighted by atomic mass is 10.1. The lowest BCUT2D eigenvalue weighted by Gasteiger charge is -2.28. The number of hydrogen-bond donors (Lipinski definition) is 2. The molecule has 1 saturated heterocycles. The Kier molecular flexibility index (Phi) is 4.10. The molecule has 21 heavy (non-hydrogen) atoms. The van der Waals surface area contributed by atoms with Gasteiger partial charge in [0.25, 0.3) is 5.91 Å². The SMILES string of the molecule is CC(C)CNC(=O)c1ncc(C2CC2)cc1NC1COC1. The zero-order valence-corrected chi connectivity index (χ0v) is 12.7. The van der Waals surface area contributed by atoms with Gasteiger partial charge in [-0.2, -0.15) is 0 Å². The van der Waals surface area contributed by atoms with E-state index in [0.29, 0.717) is 37.3 Å². The van der Waals surface area contributed by atoms with Gasteiger partial charge in [0.05, 0.1) is 24.9 Å². The zero-order chi connectivity index (χ0) is 14.8. The molecule has 1 aromatic rings. The summed E-state index contributed by atoms with van der Waals surface area (Å²) in [5.74, 6) is 0.952. The van der Waals surface area contributed by atoms with E-state index in [2.05, 4.69) is 35.5 Å². The number of carbonyl (C=O) groups is 1. The van der Waals surface area contributed by atoms with Crippen molar-refractivity contribution >= 4 is 11.6 Å². The van der Waals surface area contributed by atoms with Crippen molar-refractivity contribution in [3.8, 4) is 0 Å². The molecule has 1 aromatic heterocycles. The molecular weight excluding hydrogens is 266 g/mol. The number of nitrogens with one attached hydrogen (secondary N) is 2. The van der Waals surface area contributed by atoms with Crippen molar-refractivity contribution in [3.05, 3.63) is 23.5 Å². The Balaban J connectivity index is 1.77. The Hall–Kier alpha value is -1.62. The summed E-state index contributed by atoms with van der Waals surface area (Å²) in [5, 5.41) is 6.33. The highest BCUT2D eigenvalue weighted by Gasteiger charge is 2.27. The molecule has 114 valence electrons. The second-order valence-corrected chi connectivity index (χ2v) is 6.42. The summed E-state index contributed by atoms with van der Waals surface area (Å²) in [7, 11) is 0. The van der Waals surface area contributed by atoms with Gasteiger partial charge in [-0.3, -0.25) is 4.79 Å². The fraction of sp³-hybridized carbons (Fsp3) is 0.625. The highest BCUT2D eigenvalue weighted by Crippen LogP contribution is 2.40. The highest BCUT2D eigenvalue weighted by atomic mass is 16.5. The normalized spacial score (nSPS) is 18.4. The first-order chi connectivity index (χ1) is 10.1. The molecule has 0 atom stereocenters. The van der Waals surface area contributed by atoms with E-state index in [1.807, 2.05) is 6.20 Å². The molecule has 0 spiro atoms. The van der Waals surface area contributed by atoms with E-state index in [0.717, 1.165) is 5.69 Å². The van der Waals surface area contributed by atoms with Crippen LogP contribution in [0.25, 0.3) is 0 Å². The van der Waals surface area contributed by atoms with Gasteiger partial charge in [-0.1, -0.05) is 13.8 Å². The summed E-state index contributed by atoms with van der Waals surface area (Å²) in [5.41, 5.74) is 2.57. The summed E-state index contributed by atoms with van der Waals surface area (Å²) in [6.45, 7) is 6.21. The lowest BCUT2D eigenvalue weighted by Crippen LogP contribution is -2.41. The molecule has 0 radical (unpaired) electrons. The minimum absolute atomic E-state index is 0.103. The highest BCUT2D eigenvalue weighted by molar-refractivity contribution is 5.97. The second kappa shape index (κ2) is 6.02. The Morgan fingerprint density at radius 1 is 1.43 bits per heavy atom. The van der Waals surface area contributed by atoms with E-state index in [1.165, 1.54) is 18.4 Å². The van der Waals surface area contributed by atoms with Crippen molar-refractivity contribution in [1.29, 1.82) is 0 Å². The summed E-state index contributed by atoms with van der Waals surface area (Å²) < 4.78 is 5.19. The van der Waals surface area contributed by atoms with Crippen LogP contribution in [0.15, 0.2) is 12.3 Å². The molecule has 1 aliphatic heterocycles. The zero-order valence-electron chi connectivity index (χ0n) is 12.7. The molecule has 0 unspecified atom stereocenters. The standard InChI is InChI=1S/C16H23N3O2/c1-10(2)6-18-16(20)15-14(19-13-8-21-9-13)5-12(7-17-15)11-3-4-11/h5,7,10-11,13,19H,3-4,6,8-9H2,1-2H3,(H,18,20). The molecule has 2 heterocycles. The quantitative estimate of drug-likeness (QED) is 0.842. The Labute approximate surface area is 125 Å². The number of hydrogen-bond acceptors (Lipinski definition) is 4. The third-order valence-electron chi connectivity index (χ3n) is 3.84. The minimum Gasteiger partial charge on any atom is -0.377 e. The van der Waals surface area contributed by atoms with Gasteiger partial charge in [-0.15, -0.1) is 0 Å². The summed E-state index contributed by atoms with van der Waals surface area (Å²) in [4.78, 5) is 16.7. The minimum atomic E-state index is -0.103. The predicted molar refractivity (Wildman–Crippen MR) is 81.6 cm³/mol. The van der Waals surface area contributed by atoms with Crippen molar-refractivity contribution in [2.24, 2.45) is 5.92 Å². The van der Waals surface area contributed by atoms with E-state index < -0.39 is 0 Å². The number of pyridine rings is 1.